The molecule has 0 amide bonds. The van der Waals surface area contributed by atoms with E-state index >= 15 is 0 Å². The van der Waals surface area contributed by atoms with Gasteiger partial charge in [0.15, 0.2) is 0 Å². The van der Waals surface area contributed by atoms with E-state index in [0.717, 1.165) is 0 Å². The largest absolute Gasteiger partial charge is 0.389 e. The van der Waals surface area contributed by atoms with Crippen molar-refractivity contribution in [3.63, 3.8) is 0 Å². The molecule has 0 aromatic rings. The molecule has 2 nitrogen and oxygen atoms in total. The van der Waals surface area contributed by atoms with Crippen molar-refractivity contribution in [1.29, 1.82) is 0 Å². The Morgan fingerprint density at radius 2 is 1.50 bits per heavy atom. The second-order valence-corrected chi connectivity index (χ2v) is 1.76. The van der Waals surface area contributed by atoms with Crippen LogP contribution in [0.2, 0.25) is 0 Å². The van der Waals surface area contributed by atoms with Crippen LogP contribution in [0, 0.1) is 44.1 Å². The number of hydrogen-bond donors (Lipinski definition) is 2. The average Bonchev–Trinajstić information content (AvgIpc) is 1.87. The van der Waals surface area contributed by atoms with Crippen LogP contribution >= 0.6 is 0 Å². The van der Waals surface area contributed by atoms with Gasteiger partial charge in [-0.3, -0.25) is 0 Å². The Balaban J connectivity index is 0.000000490. The van der Waals surface area contributed by atoms with E-state index in [1.165, 1.54) is 0 Å². The molecule has 0 saturated heterocycles. The fraction of sp³-hybridized carbons (Fsp3) is 0.600. The van der Waals surface area contributed by atoms with E-state index in [4.69, 9.17) is 10.2 Å². The molecule has 0 saturated carbocycles. The van der Waals surface area contributed by atoms with E-state index in [9.17, 15) is 0 Å². The van der Waals surface area contributed by atoms with E-state index in [-0.39, 0.29) is 44.1 Å². The van der Waals surface area contributed by atoms with Crippen LogP contribution in [0.25, 0.3) is 0 Å². The van der Waals surface area contributed by atoms with Crippen molar-refractivity contribution < 1.29 is 54.3 Å². The second kappa shape index (κ2) is 4.00. The molecule has 0 bridgehead atoms. The van der Waals surface area contributed by atoms with Gasteiger partial charge in [-0.1, -0.05) is 12.2 Å². The maximum atomic E-state index is 8.65. The minimum atomic E-state index is -0.407. The van der Waals surface area contributed by atoms with Crippen molar-refractivity contribution in [1.82, 2.24) is 0 Å². The fourth-order valence-electron chi connectivity index (χ4n) is 0.661. The Morgan fingerprint density at radius 1 is 1.12 bits per heavy atom. The topological polar surface area (TPSA) is 40.5 Å². The molecule has 0 aromatic heterocycles. The van der Waals surface area contributed by atoms with Crippen LogP contribution in [0.1, 0.15) is 6.42 Å². The summed E-state index contributed by atoms with van der Waals surface area (Å²) in [6.07, 6.45) is 2.86. The first-order chi connectivity index (χ1) is 3.29. The third-order valence-electron chi connectivity index (χ3n) is 1.04. The number of hydrogen-bond acceptors (Lipinski definition) is 2. The third-order valence-corrected chi connectivity index (χ3v) is 1.04. The summed E-state index contributed by atoms with van der Waals surface area (Å²) in [6.45, 7) is 0. The molecule has 1 aliphatic carbocycles. The summed E-state index contributed by atoms with van der Waals surface area (Å²) in [5.74, 6) is 0. The minimum Gasteiger partial charge on any atom is -0.389 e. The van der Waals surface area contributed by atoms with Crippen LogP contribution in [0.3, 0.4) is 0 Å². The van der Waals surface area contributed by atoms with Gasteiger partial charge in [0.1, 0.15) is 0 Å². The van der Waals surface area contributed by atoms with Gasteiger partial charge in [0.25, 0.3) is 0 Å². The molecule has 2 N–H and O–H groups in total. The molecule has 2 atom stereocenters. The van der Waals surface area contributed by atoms with Crippen molar-refractivity contribution in [2.24, 2.45) is 0 Å². The van der Waals surface area contributed by atoms with Gasteiger partial charge < -0.3 is 10.2 Å². The Bertz CT molecular complexity index is 82.4. The van der Waals surface area contributed by atoms with Crippen LogP contribution in [0.5, 0.6) is 0 Å². The van der Waals surface area contributed by atoms with Gasteiger partial charge in [-0.2, -0.15) is 0 Å². The molecular formula is C5H8AcO2. The predicted octanol–water partition coefficient (Wildman–Crippen LogP) is -0.332. The second-order valence-electron chi connectivity index (χ2n) is 1.76. The fourth-order valence-corrected chi connectivity index (χ4v) is 0.661. The van der Waals surface area contributed by atoms with E-state index in [1.807, 2.05) is 0 Å². The molecule has 0 aliphatic heterocycles. The smallest absolute Gasteiger partial charge is 0.0749 e. The predicted molar refractivity (Wildman–Crippen MR) is 25.8 cm³/mol. The zero-order valence-electron chi connectivity index (χ0n) is 4.49. The van der Waals surface area contributed by atoms with Gasteiger partial charge in [0.05, 0.1) is 12.2 Å². The molecule has 1 radical (unpaired) electrons. The maximum absolute atomic E-state index is 8.65. The molecule has 0 aromatic carbocycles. The molecule has 1 rings (SSSR count). The summed E-state index contributed by atoms with van der Waals surface area (Å²) in [5.41, 5.74) is 0. The summed E-state index contributed by atoms with van der Waals surface area (Å²) in [5, 5.41) is 17.3. The molecule has 3 heteroatoms. The molecule has 43 valence electrons. The molecule has 0 heterocycles. The summed E-state index contributed by atoms with van der Waals surface area (Å²) in [4.78, 5) is 0. The summed E-state index contributed by atoms with van der Waals surface area (Å²) >= 11 is 0. The van der Waals surface area contributed by atoms with Crippen LogP contribution in [0.4, 0.5) is 0 Å². The summed E-state index contributed by atoms with van der Waals surface area (Å²) in [7, 11) is 0. The molecule has 0 unspecified atom stereocenters. The summed E-state index contributed by atoms with van der Waals surface area (Å²) in [6, 6.07) is 0. The Labute approximate surface area is 84.1 Å². The third kappa shape index (κ3) is 2.59. The summed E-state index contributed by atoms with van der Waals surface area (Å²) < 4.78 is 0. The van der Waals surface area contributed by atoms with Crippen molar-refractivity contribution in [3.05, 3.63) is 12.2 Å². The quantitative estimate of drug-likeness (QED) is 0.598. The van der Waals surface area contributed by atoms with Gasteiger partial charge in [-0.15, -0.1) is 0 Å². The molecule has 0 spiro atoms. The van der Waals surface area contributed by atoms with Crippen LogP contribution < -0.4 is 0 Å². The van der Waals surface area contributed by atoms with Crippen LogP contribution in [0.15, 0.2) is 12.2 Å². The van der Waals surface area contributed by atoms with E-state index in [1.54, 1.807) is 12.2 Å². The zero-order chi connectivity index (χ0) is 5.28. The monoisotopic (exact) mass is 327 g/mol. The molecule has 8 heavy (non-hydrogen) atoms. The SMILES string of the molecule is O[C@@H]1C=C[C@H](O)C1.[Ac]. The Hall–Kier alpha value is 1.10. The normalized spacial score (nSPS) is 34.8. The van der Waals surface area contributed by atoms with Gasteiger partial charge in [-0.25, -0.2) is 0 Å². The Kier molecular flexibility index (Phi) is 4.56. The number of aliphatic hydroxyl groups is 2. The van der Waals surface area contributed by atoms with E-state index < -0.39 is 12.2 Å². The Morgan fingerprint density at radius 3 is 1.62 bits per heavy atom. The zero-order valence-corrected chi connectivity index (χ0v) is 9.23. The molecular weight excluding hydrogens is 319 g/mol. The average molecular weight is 327 g/mol. The van der Waals surface area contributed by atoms with Crippen LogP contribution in [-0.4, -0.2) is 22.4 Å². The van der Waals surface area contributed by atoms with Crippen molar-refractivity contribution in [3.8, 4) is 0 Å². The van der Waals surface area contributed by atoms with Gasteiger partial charge in [0, 0.05) is 50.5 Å². The first-order valence-corrected chi connectivity index (χ1v) is 2.33. The van der Waals surface area contributed by atoms with E-state index in [2.05, 4.69) is 0 Å². The van der Waals surface area contributed by atoms with Crippen molar-refractivity contribution >= 4 is 0 Å². The molecule has 1 aliphatic rings. The van der Waals surface area contributed by atoms with Gasteiger partial charge >= 0.3 is 0 Å². The standard InChI is InChI=1S/C5H8O2.Ac/c6-4-1-2-5(7)3-4;/h1-2,4-7H,3H2;/t4-,5+;. The van der Waals surface area contributed by atoms with Gasteiger partial charge in [-0.05, 0) is 0 Å². The van der Waals surface area contributed by atoms with E-state index in [0.29, 0.717) is 6.42 Å². The number of aliphatic hydroxyl groups excluding tert-OH is 2. The van der Waals surface area contributed by atoms with Crippen molar-refractivity contribution in [2.45, 2.75) is 18.6 Å². The molecule has 0 fully saturated rings. The minimum absolute atomic E-state index is 0. The van der Waals surface area contributed by atoms with Crippen LogP contribution in [-0.2, 0) is 0 Å². The first kappa shape index (κ1) is 9.10. The van der Waals surface area contributed by atoms with Crippen molar-refractivity contribution in [2.75, 3.05) is 0 Å². The number of rotatable bonds is 0. The maximum Gasteiger partial charge on any atom is 0.0749 e. The van der Waals surface area contributed by atoms with Gasteiger partial charge in [0.2, 0.25) is 0 Å². The first-order valence-electron chi connectivity index (χ1n) is 2.33.